The van der Waals surface area contributed by atoms with Crippen molar-refractivity contribution in [2.45, 2.75) is 75.5 Å². The third-order valence-electron chi connectivity index (χ3n) is 9.38. The maximum absolute atomic E-state index is 15.1. The minimum Gasteiger partial charge on any atom is -0.484 e. The van der Waals surface area contributed by atoms with Crippen LogP contribution in [0.1, 0.15) is 63.4 Å². The highest BCUT2D eigenvalue weighted by Crippen LogP contribution is 2.69. The van der Waals surface area contributed by atoms with Crippen LogP contribution in [-0.2, 0) is 4.79 Å². The van der Waals surface area contributed by atoms with Crippen LogP contribution in [0.5, 0.6) is 5.75 Å². The van der Waals surface area contributed by atoms with Gasteiger partial charge in [0, 0.05) is 17.8 Å². The summed E-state index contributed by atoms with van der Waals surface area (Å²) in [5, 5.41) is 11.7. The summed E-state index contributed by atoms with van der Waals surface area (Å²) in [6, 6.07) is 6.16. The smallest absolute Gasteiger partial charge is 0.422 e. The highest BCUT2D eigenvalue weighted by molar-refractivity contribution is 6.43. The van der Waals surface area contributed by atoms with E-state index >= 15 is 8.78 Å². The van der Waals surface area contributed by atoms with Crippen LogP contribution in [0, 0.1) is 29.6 Å². The fourth-order valence-corrected chi connectivity index (χ4v) is 7.92. The third-order valence-corrected chi connectivity index (χ3v) is 9.82. The van der Waals surface area contributed by atoms with Crippen molar-refractivity contribution in [3.63, 3.8) is 0 Å². The molecule has 0 spiro atoms. The molecule has 0 saturated heterocycles. The van der Waals surface area contributed by atoms with Crippen molar-refractivity contribution in [1.82, 2.24) is 0 Å². The van der Waals surface area contributed by atoms with Crippen molar-refractivity contribution in [3.05, 3.63) is 51.6 Å². The van der Waals surface area contributed by atoms with Crippen LogP contribution in [0.4, 0.5) is 22.0 Å². The van der Waals surface area contributed by atoms with Crippen LogP contribution in [0.3, 0.4) is 0 Å². The van der Waals surface area contributed by atoms with E-state index in [1.165, 1.54) is 18.1 Å². The number of rotatable bonds is 4. The normalized spacial score (nSPS) is 33.4. The van der Waals surface area contributed by atoms with Gasteiger partial charge < -0.3 is 9.84 Å². The number of carbonyl (C=O) groups excluding carboxylic acids is 1. The van der Waals surface area contributed by atoms with Crippen LogP contribution < -0.4 is 4.74 Å². The maximum Gasteiger partial charge on any atom is 0.422 e. The lowest BCUT2D eigenvalue weighted by Gasteiger charge is -2.55. The summed E-state index contributed by atoms with van der Waals surface area (Å²) in [5.41, 5.74) is -0.0893. The molecule has 0 bridgehead atoms. The van der Waals surface area contributed by atoms with Gasteiger partial charge in [0.2, 0.25) is 0 Å². The van der Waals surface area contributed by atoms with Gasteiger partial charge in [-0.3, -0.25) is 4.79 Å². The number of terminal acetylenes is 1. The zero-order valence-corrected chi connectivity index (χ0v) is 21.6. The molecule has 0 heterocycles. The number of benzene rings is 1. The number of alkyl halides is 5. The van der Waals surface area contributed by atoms with Crippen molar-refractivity contribution in [2.24, 2.45) is 17.3 Å². The molecule has 1 aromatic carbocycles. The Hall–Kier alpha value is -2.37. The van der Waals surface area contributed by atoms with Gasteiger partial charge in [-0.1, -0.05) is 36.2 Å². The molecule has 1 aromatic rings. The first-order chi connectivity index (χ1) is 17.7. The third kappa shape index (κ3) is 4.08. The first-order valence-corrected chi connectivity index (χ1v) is 13.1. The first-order valence-electron chi connectivity index (χ1n) is 12.7. The summed E-state index contributed by atoms with van der Waals surface area (Å²) in [4.78, 5) is 12.4. The Kier molecular flexibility index (Phi) is 6.51. The van der Waals surface area contributed by atoms with Crippen molar-refractivity contribution in [1.29, 1.82) is 0 Å². The van der Waals surface area contributed by atoms with Gasteiger partial charge in [0.05, 0.1) is 5.03 Å². The molecule has 0 aliphatic heterocycles. The van der Waals surface area contributed by atoms with Crippen molar-refractivity contribution < 1.29 is 36.6 Å². The Balaban J connectivity index is 1.62. The summed E-state index contributed by atoms with van der Waals surface area (Å²) in [7, 11) is 0. The lowest BCUT2D eigenvalue weighted by molar-refractivity contribution is -0.209. The minimum atomic E-state index is -4.48. The van der Waals surface area contributed by atoms with E-state index in [1.54, 1.807) is 19.1 Å². The molecule has 9 heteroatoms. The van der Waals surface area contributed by atoms with Crippen molar-refractivity contribution in [3.8, 4) is 18.1 Å². The maximum atomic E-state index is 15.1. The monoisotopic (exact) mass is 554 g/mol. The first kappa shape index (κ1) is 27.2. The predicted molar refractivity (Wildman–Crippen MR) is 132 cm³/mol. The van der Waals surface area contributed by atoms with Gasteiger partial charge in [-0.05, 0) is 85.1 Å². The fraction of sp³-hybridized carbons (Fsp3) is 0.552. The minimum absolute atomic E-state index is 0.0342. The molecule has 3 nitrogen and oxygen atoms in total. The molecule has 0 radical (unpaired) electrons. The number of fused-ring (bicyclic) bond motifs is 4. The molecule has 5 rings (SSSR count). The molecule has 2 saturated carbocycles. The Morgan fingerprint density at radius 2 is 1.79 bits per heavy atom. The van der Waals surface area contributed by atoms with E-state index in [1.807, 2.05) is 0 Å². The summed E-state index contributed by atoms with van der Waals surface area (Å²) in [6.07, 6.45) is 3.03. The van der Waals surface area contributed by atoms with Gasteiger partial charge in [-0.2, -0.15) is 22.0 Å². The highest BCUT2D eigenvalue weighted by atomic mass is 35.5. The number of Topliss-reactive ketones (excluding diaryl/α,β-unsaturated/α-hetero) is 1. The Morgan fingerprint density at radius 3 is 2.42 bits per heavy atom. The molecule has 38 heavy (non-hydrogen) atoms. The Labute approximate surface area is 223 Å². The van der Waals surface area contributed by atoms with E-state index in [0.29, 0.717) is 31.2 Å². The van der Waals surface area contributed by atoms with E-state index in [0.717, 1.165) is 16.7 Å². The van der Waals surface area contributed by atoms with Gasteiger partial charge in [-0.25, -0.2) is 0 Å². The van der Waals surface area contributed by atoms with Crippen LogP contribution in [0.15, 0.2) is 46.0 Å². The largest absolute Gasteiger partial charge is 0.484 e. The van der Waals surface area contributed by atoms with Crippen molar-refractivity contribution >= 4 is 17.4 Å². The lowest BCUT2D eigenvalue weighted by atomic mass is 9.50. The number of aliphatic hydroxyl groups is 1. The molecule has 204 valence electrons. The van der Waals surface area contributed by atoms with E-state index < -0.39 is 35.6 Å². The summed E-state index contributed by atoms with van der Waals surface area (Å²) in [5.74, 6) is -3.08. The van der Waals surface area contributed by atoms with E-state index in [-0.39, 0.29) is 47.7 Å². The topological polar surface area (TPSA) is 46.5 Å². The SMILES string of the molecule is C#CC(F)(F)[C@]1(O)CC[C@H]2[C@@H]3CCC4=C(Cl)C(=O)CCC4=C3[C@H](c3ccc(OCC(F)(F)F)cc3)C[C@@]21C. The highest BCUT2D eigenvalue weighted by Gasteiger charge is 2.71. The molecule has 4 aliphatic carbocycles. The van der Waals surface area contributed by atoms with Crippen LogP contribution >= 0.6 is 11.6 Å². The standard InChI is InChI=1S/C29H28ClF5O3/c1-3-28(31,32)27(37)13-12-22-20-9-8-19-18(10-11-23(36)25(19)30)24(20)21(14-26(22,27)2)16-4-6-17(7-5-16)38-15-29(33,34)35/h1,4-7,20-22,37H,8-15H2,2H3/t20-,21-,22-,26-,27-/m0/s1. The van der Waals surface area contributed by atoms with Crippen LogP contribution in [0.25, 0.3) is 0 Å². The van der Waals surface area contributed by atoms with Gasteiger partial charge in [0.25, 0.3) is 0 Å². The number of ether oxygens (including phenoxy) is 1. The Bertz CT molecular complexity index is 1260. The van der Waals surface area contributed by atoms with E-state index in [4.69, 9.17) is 22.8 Å². The number of hydrogen-bond donors (Lipinski definition) is 1. The average Bonchev–Trinajstić information content (AvgIpc) is 3.16. The zero-order valence-electron chi connectivity index (χ0n) is 20.8. The molecule has 4 aliphatic rings. The van der Waals surface area contributed by atoms with Gasteiger partial charge in [0.15, 0.2) is 12.4 Å². The average molecular weight is 555 g/mol. The molecule has 5 atom stereocenters. The molecular weight excluding hydrogens is 527 g/mol. The van der Waals surface area contributed by atoms with E-state index in [2.05, 4.69) is 0 Å². The Morgan fingerprint density at radius 1 is 1.11 bits per heavy atom. The molecule has 0 amide bonds. The number of carbonyl (C=O) groups is 1. The molecule has 0 aromatic heterocycles. The summed E-state index contributed by atoms with van der Waals surface area (Å²) in [6.45, 7) is 0.260. The van der Waals surface area contributed by atoms with Crippen molar-refractivity contribution in [2.75, 3.05) is 6.61 Å². The van der Waals surface area contributed by atoms with Crippen LogP contribution in [0.2, 0.25) is 0 Å². The molecule has 0 unspecified atom stereocenters. The van der Waals surface area contributed by atoms with Gasteiger partial charge in [-0.15, -0.1) is 6.42 Å². The van der Waals surface area contributed by atoms with Gasteiger partial charge >= 0.3 is 12.1 Å². The molecular formula is C29H28ClF5O3. The number of allylic oxidation sites excluding steroid dienone is 4. The summed E-state index contributed by atoms with van der Waals surface area (Å²) >= 11 is 6.45. The van der Waals surface area contributed by atoms with Gasteiger partial charge in [0.1, 0.15) is 11.4 Å². The molecule has 1 N–H and O–H groups in total. The summed E-state index contributed by atoms with van der Waals surface area (Å²) < 4.78 is 73.0. The second kappa shape index (κ2) is 9.09. The predicted octanol–water partition coefficient (Wildman–Crippen LogP) is 7.09. The zero-order chi connectivity index (χ0) is 27.7. The second-order valence-electron chi connectivity index (χ2n) is 11.2. The van der Waals surface area contributed by atoms with Crippen LogP contribution in [-0.4, -0.2) is 35.2 Å². The van der Waals surface area contributed by atoms with E-state index in [9.17, 15) is 23.1 Å². The number of ketones is 1. The second-order valence-corrected chi connectivity index (χ2v) is 11.5. The quantitative estimate of drug-likeness (QED) is 0.319. The fourth-order valence-electron chi connectivity index (χ4n) is 7.61. The number of halogens is 6. The lowest BCUT2D eigenvalue weighted by Crippen LogP contribution is -2.60. The number of hydrogen-bond acceptors (Lipinski definition) is 3. The molecule has 2 fully saturated rings.